The van der Waals surface area contributed by atoms with Crippen LogP contribution in [0.5, 0.6) is 0 Å². The Labute approximate surface area is 87.1 Å². The minimum absolute atomic E-state index is 0.162. The van der Waals surface area contributed by atoms with Crippen molar-refractivity contribution < 1.29 is 9.59 Å². The van der Waals surface area contributed by atoms with Crippen molar-refractivity contribution in [3.63, 3.8) is 0 Å². The van der Waals surface area contributed by atoms with E-state index in [2.05, 4.69) is 5.32 Å². The van der Waals surface area contributed by atoms with Gasteiger partial charge in [-0.1, -0.05) is 30.3 Å². The Bertz CT molecular complexity index is 313. The summed E-state index contributed by atoms with van der Waals surface area (Å²) in [6, 6.07) is 8.14. The molecular weight excluding hydrogens is 202 g/mol. The van der Waals surface area contributed by atoms with Crippen molar-refractivity contribution >= 4 is 23.8 Å². The summed E-state index contributed by atoms with van der Waals surface area (Å²) in [6.07, 6.45) is 1.74. The number of carbonyl (C=O) groups excluding carboxylic acids is 2. The molecule has 14 heavy (non-hydrogen) atoms. The van der Waals surface area contributed by atoms with Crippen LogP contribution in [0.1, 0.15) is 11.6 Å². The van der Waals surface area contributed by atoms with Gasteiger partial charge in [-0.25, -0.2) is 0 Å². The highest BCUT2D eigenvalue weighted by molar-refractivity contribution is 6.27. The zero-order valence-electron chi connectivity index (χ0n) is 7.37. The summed E-state index contributed by atoms with van der Waals surface area (Å²) >= 11 is 5.30. The molecule has 0 spiro atoms. The van der Waals surface area contributed by atoms with Gasteiger partial charge >= 0.3 is 0 Å². The van der Waals surface area contributed by atoms with Crippen LogP contribution in [0.15, 0.2) is 30.3 Å². The average Bonchev–Trinajstić information content (AvgIpc) is 2.26. The maximum atomic E-state index is 10.9. The Morgan fingerprint density at radius 2 is 2.07 bits per heavy atom. The van der Waals surface area contributed by atoms with E-state index in [1.54, 1.807) is 30.6 Å². The minimum atomic E-state index is -0.734. The molecule has 1 atom stereocenters. The highest BCUT2D eigenvalue weighted by Crippen LogP contribution is 2.09. The lowest BCUT2D eigenvalue weighted by molar-refractivity contribution is -0.119. The lowest BCUT2D eigenvalue weighted by Gasteiger charge is -2.10. The second kappa shape index (κ2) is 5.40. The number of halogens is 1. The van der Waals surface area contributed by atoms with Crippen molar-refractivity contribution in [3.8, 4) is 0 Å². The van der Waals surface area contributed by atoms with E-state index < -0.39 is 6.04 Å². The predicted octanol–water partition coefficient (Wildman–Crippen LogP) is 1.19. The van der Waals surface area contributed by atoms with Crippen LogP contribution in [-0.2, 0) is 9.59 Å². The number of hydrogen-bond donors (Lipinski definition) is 1. The SMILES string of the molecule is O=[C]C(NC(=O)CCl)c1ccccc1. The number of alkyl halides is 1. The molecule has 0 aliphatic carbocycles. The maximum Gasteiger partial charge on any atom is 0.235 e. The zero-order valence-corrected chi connectivity index (χ0v) is 8.12. The monoisotopic (exact) mass is 210 g/mol. The third-order valence-electron chi connectivity index (χ3n) is 1.68. The van der Waals surface area contributed by atoms with Gasteiger partial charge in [-0.2, -0.15) is 0 Å². The van der Waals surface area contributed by atoms with Gasteiger partial charge in [0, 0.05) is 0 Å². The molecule has 0 aliphatic heterocycles. The van der Waals surface area contributed by atoms with Gasteiger partial charge in [0.15, 0.2) is 0 Å². The number of amides is 1. The van der Waals surface area contributed by atoms with E-state index in [1.807, 2.05) is 6.07 Å². The second-order valence-electron chi connectivity index (χ2n) is 2.66. The molecular formula is C10H9ClNO2. The van der Waals surface area contributed by atoms with Crippen molar-refractivity contribution in [2.45, 2.75) is 6.04 Å². The Balaban J connectivity index is 2.73. The van der Waals surface area contributed by atoms with E-state index in [0.717, 1.165) is 0 Å². The average molecular weight is 211 g/mol. The molecule has 0 heterocycles. The quantitative estimate of drug-likeness (QED) is 0.759. The first-order valence-corrected chi connectivity index (χ1v) is 4.59. The standard InChI is InChI=1S/C10H9ClNO2/c11-6-10(14)12-9(7-13)8-4-2-1-3-5-8/h1-5,9H,6H2,(H,12,14). The lowest BCUT2D eigenvalue weighted by Crippen LogP contribution is -2.30. The summed E-state index contributed by atoms with van der Waals surface area (Å²) in [6.45, 7) is 0. The third-order valence-corrected chi connectivity index (χ3v) is 1.92. The molecule has 1 aromatic rings. The summed E-state index contributed by atoms with van der Waals surface area (Å²) < 4.78 is 0. The Morgan fingerprint density at radius 3 is 2.57 bits per heavy atom. The highest BCUT2D eigenvalue weighted by atomic mass is 35.5. The normalized spacial score (nSPS) is 11.8. The van der Waals surface area contributed by atoms with Crippen molar-refractivity contribution in [1.29, 1.82) is 0 Å². The minimum Gasteiger partial charge on any atom is -0.341 e. The fourth-order valence-corrected chi connectivity index (χ4v) is 1.10. The number of nitrogens with one attached hydrogen (secondary N) is 1. The highest BCUT2D eigenvalue weighted by Gasteiger charge is 2.12. The Kier molecular flexibility index (Phi) is 4.13. The summed E-state index contributed by atoms with van der Waals surface area (Å²) in [7, 11) is 0. The van der Waals surface area contributed by atoms with Crippen LogP contribution < -0.4 is 5.32 Å². The largest absolute Gasteiger partial charge is 0.341 e. The topological polar surface area (TPSA) is 46.2 Å². The molecule has 1 unspecified atom stereocenters. The van der Waals surface area contributed by atoms with Crippen LogP contribution in [0.2, 0.25) is 0 Å². The molecule has 1 aromatic carbocycles. The molecule has 0 saturated heterocycles. The molecule has 4 heteroatoms. The van der Waals surface area contributed by atoms with E-state index in [1.165, 1.54) is 0 Å². The molecule has 1 rings (SSSR count). The Morgan fingerprint density at radius 1 is 1.43 bits per heavy atom. The van der Waals surface area contributed by atoms with Crippen molar-refractivity contribution in [1.82, 2.24) is 5.32 Å². The second-order valence-corrected chi connectivity index (χ2v) is 2.93. The molecule has 0 fully saturated rings. The summed E-state index contributed by atoms with van der Waals surface area (Å²) in [5.41, 5.74) is 0.695. The van der Waals surface area contributed by atoms with Crippen LogP contribution in [0.4, 0.5) is 0 Å². The predicted molar refractivity (Wildman–Crippen MR) is 53.7 cm³/mol. The fourth-order valence-electron chi connectivity index (χ4n) is 1.03. The van der Waals surface area contributed by atoms with Crippen LogP contribution in [0.25, 0.3) is 0 Å². The van der Waals surface area contributed by atoms with Gasteiger partial charge in [-0.05, 0) is 5.56 Å². The number of benzene rings is 1. The summed E-state index contributed by atoms with van der Waals surface area (Å²) in [5.74, 6) is -0.547. The van der Waals surface area contributed by atoms with Crippen molar-refractivity contribution in [3.05, 3.63) is 35.9 Å². The van der Waals surface area contributed by atoms with Crippen LogP contribution >= 0.6 is 11.6 Å². The first-order chi connectivity index (χ1) is 6.77. The van der Waals surface area contributed by atoms with Gasteiger partial charge in [0.2, 0.25) is 12.2 Å². The Hall–Kier alpha value is -1.35. The number of hydrogen-bond acceptors (Lipinski definition) is 2. The first-order valence-electron chi connectivity index (χ1n) is 4.06. The molecule has 0 saturated carbocycles. The van der Waals surface area contributed by atoms with Gasteiger partial charge in [-0.3, -0.25) is 9.59 Å². The smallest absolute Gasteiger partial charge is 0.235 e. The van der Waals surface area contributed by atoms with E-state index in [4.69, 9.17) is 11.6 Å². The molecule has 1 amide bonds. The zero-order chi connectivity index (χ0) is 10.4. The van der Waals surface area contributed by atoms with Crippen molar-refractivity contribution in [2.75, 3.05) is 5.88 Å². The summed E-state index contributed by atoms with van der Waals surface area (Å²) in [4.78, 5) is 21.5. The molecule has 3 nitrogen and oxygen atoms in total. The van der Waals surface area contributed by atoms with Crippen LogP contribution in [0, 0.1) is 0 Å². The van der Waals surface area contributed by atoms with E-state index in [-0.39, 0.29) is 11.8 Å². The third kappa shape index (κ3) is 2.85. The van der Waals surface area contributed by atoms with Gasteiger partial charge in [0.25, 0.3) is 0 Å². The van der Waals surface area contributed by atoms with E-state index in [9.17, 15) is 9.59 Å². The fraction of sp³-hybridized carbons (Fsp3) is 0.200. The molecule has 1 N–H and O–H groups in total. The van der Waals surface area contributed by atoms with E-state index >= 15 is 0 Å². The maximum absolute atomic E-state index is 10.9. The first kappa shape index (κ1) is 10.7. The van der Waals surface area contributed by atoms with Gasteiger partial charge in [0.05, 0.1) is 0 Å². The van der Waals surface area contributed by atoms with Gasteiger partial charge in [0.1, 0.15) is 11.9 Å². The molecule has 0 aliphatic rings. The lowest BCUT2D eigenvalue weighted by atomic mass is 10.1. The van der Waals surface area contributed by atoms with E-state index in [0.29, 0.717) is 5.56 Å². The number of carbonyl (C=O) groups is 1. The molecule has 0 bridgehead atoms. The van der Waals surface area contributed by atoms with Crippen LogP contribution in [-0.4, -0.2) is 18.1 Å². The molecule has 73 valence electrons. The van der Waals surface area contributed by atoms with Crippen LogP contribution in [0.3, 0.4) is 0 Å². The van der Waals surface area contributed by atoms with Crippen molar-refractivity contribution in [2.24, 2.45) is 0 Å². The molecule has 0 aromatic heterocycles. The van der Waals surface area contributed by atoms with Gasteiger partial charge < -0.3 is 5.32 Å². The van der Waals surface area contributed by atoms with Gasteiger partial charge in [-0.15, -0.1) is 11.6 Å². The molecule has 1 radical (unpaired) electrons. The summed E-state index contributed by atoms with van der Waals surface area (Å²) in [5, 5.41) is 2.44. The number of rotatable bonds is 4.